The number of imidazole rings is 1. The molecule has 2 fully saturated rings. The SMILES string of the molecule is CC1CCN(c2c(F)c(Cl)c(-c3cn4cc(NC(=O)[C@@H]5C[C@@H]5F)nc4cn3)c3cn[nH]c23)C1. The molecule has 1 aliphatic heterocycles. The van der Waals surface area contributed by atoms with Crippen molar-refractivity contribution in [1.82, 2.24) is 24.6 Å². The number of alkyl halides is 1. The number of carbonyl (C=O) groups excluding carboxylic acids is 1. The normalized spacial score (nSPS) is 22.4. The average Bonchev–Trinajstić information content (AvgIpc) is 3.16. The Balaban J connectivity index is 1.41. The maximum atomic E-state index is 15.6. The van der Waals surface area contributed by atoms with E-state index in [1.54, 1.807) is 23.0 Å². The van der Waals surface area contributed by atoms with Gasteiger partial charge >= 0.3 is 0 Å². The smallest absolute Gasteiger partial charge is 0.231 e. The summed E-state index contributed by atoms with van der Waals surface area (Å²) >= 11 is 6.56. The van der Waals surface area contributed by atoms with Gasteiger partial charge in [0.1, 0.15) is 11.9 Å². The highest BCUT2D eigenvalue weighted by Gasteiger charge is 2.43. The topological polar surface area (TPSA) is 91.2 Å². The molecule has 3 atom stereocenters. The molecule has 6 rings (SSSR count). The average molecular weight is 472 g/mol. The zero-order valence-corrected chi connectivity index (χ0v) is 18.4. The lowest BCUT2D eigenvalue weighted by Gasteiger charge is -2.21. The standard InChI is InChI=1S/C22H20ClF2N7O/c1-10-2-3-31(7-10)21-19(25)18(23)17(12-5-27-30-20(12)21)14-8-32-9-15(28-16(32)6-26-14)29-22(33)11-4-13(11)24/h5-6,8-11,13H,2-4,7H2,1H3,(H,27,30)(H,29,33)/t10?,11-,13+/m1/s1. The molecule has 0 radical (unpaired) electrons. The summed E-state index contributed by atoms with van der Waals surface area (Å²) in [7, 11) is 0. The number of hydrogen-bond acceptors (Lipinski definition) is 5. The summed E-state index contributed by atoms with van der Waals surface area (Å²) in [6, 6.07) is 0. The monoisotopic (exact) mass is 471 g/mol. The molecule has 3 aromatic heterocycles. The van der Waals surface area contributed by atoms with Crippen LogP contribution >= 0.6 is 11.6 Å². The molecule has 2 aliphatic rings. The Morgan fingerprint density at radius 2 is 2.15 bits per heavy atom. The Labute approximate surface area is 192 Å². The molecule has 0 bridgehead atoms. The van der Waals surface area contributed by atoms with Crippen LogP contribution in [-0.2, 0) is 4.79 Å². The lowest BCUT2D eigenvalue weighted by Crippen LogP contribution is -2.21. The van der Waals surface area contributed by atoms with E-state index in [2.05, 4.69) is 32.4 Å². The summed E-state index contributed by atoms with van der Waals surface area (Å²) in [5, 5.41) is 10.3. The molecule has 33 heavy (non-hydrogen) atoms. The summed E-state index contributed by atoms with van der Waals surface area (Å²) in [6.45, 7) is 3.64. The van der Waals surface area contributed by atoms with Crippen molar-refractivity contribution in [3.63, 3.8) is 0 Å². The quantitative estimate of drug-likeness (QED) is 0.465. The Hall–Kier alpha value is -3.27. The van der Waals surface area contributed by atoms with Crippen LogP contribution in [0.5, 0.6) is 0 Å². The lowest BCUT2D eigenvalue weighted by atomic mass is 10.0. The van der Waals surface area contributed by atoms with Crippen LogP contribution in [0.1, 0.15) is 19.8 Å². The fourth-order valence-corrected chi connectivity index (χ4v) is 4.81. The Morgan fingerprint density at radius 1 is 1.33 bits per heavy atom. The van der Waals surface area contributed by atoms with E-state index in [1.165, 1.54) is 6.20 Å². The van der Waals surface area contributed by atoms with E-state index >= 15 is 4.39 Å². The molecular weight excluding hydrogens is 452 g/mol. The highest BCUT2D eigenvalue weighted by Crippen LogP contribution is 2.43. The zero-order valence-electron chi connectivity index (χ0n) is 17.6. The van der Waals surface area contributed by atoms with Crippen molar-refractivity contribution in [2.24, 2.45) is 11.8 Å². The largest absolute Gasteiger partial charge is 0.367 e. The second-order valence-electron chi connectivity index (χ2n) is 8.86. The number of anilines is 2. The maximum absolute atomic E-state index is 15.6. The molecule has 1 saturated carbocycles. The van der Waals surface area contributed by atoms with Gasteiger partial charge in [0.15, 0.2) is 17.3 Å². The third-order valence-corrected chi connectivity index (χ3v) is 6.76. The van der Waals surface area contributed by atoms with Crippen LogP contribution in [0.2, 0.25) is 5.02 Å². The molecule has 1 aromatic carbocycles. The van der Waals surface area contributed by atoms with Crippen molar-refractivity contribution in [3.8, 4) is 11.3 Å². The van der Waals surface area contributed by atoms with Gasteiger partial charge < -0.3 is 14.6 Å². The van der Waals surface area contributed by atoms with Gasteiger partial charge in [-0.2, -0.15) is 5.10 Å². The number of nitrogens with one attached hydrogen (secondary N) is 2. The van der Waals surface area contributed by atoms with E-state index in [-0.39, 0.29) is 11.4 Å². The number of amides is 1. The number of nitrogens with zero attached hydrogens (tertiary/aromatic N) is 5. The number of hydrogen-bond donors (Lipinski definition) is 2. The summed E-state index contributed by atoms with van der Waals surface area (Å²) < 4.78 is 30.4. The highest BCUT2D eigenvalue weighted by molar-refractivity contribution is 6.35. The number of carbonyl (C=O) groups is 1. The Bertz CT molecular complexity index is 1420. The van der Waals surface area contributed by atoms with Gasteiger partial charge in [-0.1, -0.05) is 18.5 Å². The maximum Gasteiger partial charge on any atom is 0.231 e. The molecule has 1 unspecified atom stereocenters. The van der Waals surface area contributed by atoms with Crippen LogP contribution in [-0.4, -0.2) is 49.7 Å². The minimum atomic E-state index is -1.09. The van der Waals surface area contributed by atoms with Gasteiger partial charge in [-0.25, -0.2) is 13.8 Å². The summed E-state index contributed by atoms with van der Waals surface area (Å²) in [6.07, 6.45) is 6.53. The fourth-order valence-electron chi connectivity index (χ4n) is 4.53. The van der Waals surface area contributed by atoms with Crippen LogP contribution in [0.4, 0.5) is 20.3 Å². The van der Waals surface area contributed by atoms with Crippen LogP contribution in [0.25, 0.3) is 27.8 Å². The van der Waals surface area contributed by atoms with E-state index in [1.807, 2.05) is 4.90 Å². The Kier molecular flexibility index (Phi) is 4.55. The third-order valence-electron chi connectivity index (χ3n) is 6.40. The van der Waals surface area contributed by atoms with Crippen molar-refractivity contribution < 1.29 is 13.6 Å². The van der Waals surface area contributed by atoms with Gasteiger partial charge in [0.05, 0.1) is 40.7 Å². The highest BCUT2D eigenvalue weighted by atomic mass is 35.5. The van der Waals surface area contributed by atoms with Crippen molar-refractivity contribution in [2.45, 2.75) is 25.9 Å². The first kappa shape index (κ1) is 20.3. The van der Waals surface area contributed by atoms with Crippen LogP contribution in [0, 0.1) is 17.7 Å². The van der Waals surface area contributed by atoms with E-state index < -0.39 is 23.8 Å². The first-order valence-corrected chi connectivity index (χ1v) is 11.2. The van der Waals surface area contributed by atoms with Gasteiger partial charge in [-0.05, 0) is 18.8 Å². The summed E-state index contributed by atoms with van der Waals surface area (Å²) in [5.74, 6) is -0.755. The van der Waals surface area contributed by atoms with E-state index in [0.717, 1.165) is 19.5 Å². The lowest BCUT2D eigenvalue weighted by molar-refractivity contribution is -0.117. The van der Waals surface area contributed by atoms with Crippen LogP contribution < -0.4 is 10.2 Å². The van der Waals surface area contributed by atoms with Gasteiger partial charge in [-0.15, -0.1) is 0 Å². The summed E-state index contributed by atoms with van der Waals surface area (Å²) in [5.41, 5.74) is 2.34. The predicted octanol–water partition coefficient (Wildman–Crippen LogP) is 4.21. The van der Waals surface area contributed by atoms with E-state index in [9.17, 15) is 9.18 Å². The van der Waals surface area contributed by atoms with Gasteiger partial charge in [0.2, 0.25) is 5.91 Å². The molecule has 11 heteroatoms. The number of halogens is 3. The second kappa shape index (κ2) is 7.38. The van der Waals surface area contributed by atoms with Crippen LogP contribution in [0.15, 0.2) is 24.8 Å². The van der Waals surface area contributed by atoms with E-state index in [4.69, 9.17) is 11.6 Å². The number of fused-ring (bicyclic) bond motifs is 2. The molecular formula is C22H20ClF2N7O. The van der Waals surface area contributed by atoms with Gasteiger partial charge in [0, 0.05) is 30.2 Å². The molecule has 1 aliphatic carbocycles. The van der Waals surface area contributed by atoms with Crippen molar-refractivity contribution in [3.05, 3.63) is 35.6 Å². The van der Waals surface area contributed by atoms with E-state index in [0.29, 0.717) is 45.2 Å². The molecule has 1 saturated heterocycles. The minimum Gasteiger partial charge on any atom is -0.367 e. The van der Waals surface area contributed by atoms with Gasteiger partial charge in [-0.3, -0.25) is 14.9 Å². The zero-order chi connectivity index (χ0) is 22.9. The Morgan fingerprint density at radius 3 is 2.88 bits per heavy atom. The first-order chi connectivity index (χ1) is 15.9. The molecule has 4 heterocycles. The number of H-pyrrole nitrogens is 1. The molecule has 1 amide bonds. The fraction of sp³-hybridized carbons (Fsp3) is 0.364. The molecule has 8 nitrogen and oxygen atoms in total. The third kappa shape index (κ3) is 3.31. The number of rotatable bonds is 4. The number of benzene rings is 1. The second-order valence-corrected chi connectivity index (χ2v) is 9.24. The molecule has 2 N–H and O–H groups in total. The summed E-state index contributed by atoms with van der Waals surface area (Å²) in [4.78, 5) is 22.8. The molecule has 4 aromatic rings. The van der Waals surface area contributed by atoms with Crippen LogP contribution in [0.3, 0.4) is 0 Å². The number of aromatic nitrogens is 5. The molecule has 0 spiro atoms. The van der Waals surface area contributed by atoms with Crippen molar-refractivity contribution in [2.75, 3.05) is 23.3 Å². The van der Waals surface area contributed by atoms with Crippen molar-refractivity contribution >= 4 is 45.6 Å². The minimum absolute atomic E-state index is 0.0262. The predicted molar refractivity (Wildman–Crippen MR) is 121 cm³/mol. The number of aromatic amines is 1. The van der Waals surface area contributed by atoms with Gasteiger partial charge in [0.25, 0.3) is 0 Å². The molecule has 170 valence electrons. The first-order valence-electron chi connectivity index (χ1n) is 10.8. The van der Waals surface area contributed by atoms with Crippen molar-refractivity contribution in [1.29, 1.82) is 0 Å².